The van der Waals surface area contributed by atoms with E-state index in [4.69, 9.17) is 5.73 Å². The van der Waals surface area contributed by atoms with Crippen LogP contribution >= 0.6 is 0 Å². The Morgan fingerprint density at radius 2 is 1.89 bits per heavy atom. The van der Waals surface area contributed by atoms with Crippen molar-refractivity contribution in [1.29, 1.82) is 0 Å². The van der Waals surface area contributed by atoms with Gasteiger partial charge in [-0.1, -0.05) is 25.7 Å². The fourth-order valence-corrected chi connectivity index (χ4v) is 2.44. The molecule has 18 heavy (non-hydrogen) atoms. The van der Waals surface area contributed by atoms with E-state index in [1.807, 2.05) is 11.9 Å². The van der Waals surface area contributed by atoms with Crippen LogP contribution in [0.15, 0.2) is 12.4 Å². The Bertz CT molecular complexity index is 396. The maximum atomic E-state index is 12.3. The quantitative estimate of drug-likeness (QED) is 0.811. The van der Waals surface area contributed by atoms with E-state index >= 15 is 0 Å². The van der Waals surface area contributed by atoms with Gasteiger partial charge in [-0.3, -0.25) is 4.79 Å². The average molecular weight is 248 g/mol. The molecule has 98 valence electrons. The van der Waals surface area contributed by atoms with Crippen molar-refractivity contribution < 1.29 is 4.79 Å². The van der Waals surface area contributed by atoms with E-state index in [2.05, 4.69) is 9.97 Å². The van der Waals surface area contributed by atoms with Gasteiger partial charge in [0.15, 0.2) is 0 Å². The molecule has 5 heteroatoms. The molecule has 0 unspecified atom stereocenters. The molecule has 5 nitrogen and oxygen atoms in total. The summed E-state index contributed by atoms with van der Waals surface area (Å²) in [6.45, 7) is 0. The fraction of sp³-hybridized carbons (Fsp3) is 0.615. The number of hydrogen-bond acceptors (Lipinski definition) is 4. The average Bonchev–Trinajstić information content (AvgIpc) is 2.67. The highest BCUT2D eigenvalue weighted by Crippen LogP contribution is 2.21. The van der Waals surface area contributed by atoms with E-state index in [-0.39, 0.29) is 5.91 Å². The van der Waals surface area contributed by atoms with Crippen LogP contribution in [0.3, 0.4) is 0 Å². The SMILES string of the molecule is CN(C(=O)c1cnc(N)cn1)C1CCCCCC1. The normalized spacial score (nSPS) is 17.2. The first-order chi connectivity index (χ1) is 8.68. The Labute approximate surface area is 107 Å². The lowest BCUT2D eigenvalue weighted by Crippen LogP contribution is -2.37. The maximum Gasteiger partial charge on any atom is 0.274 e. The minimum atomic E-state index is -0.0607. The van der Waals surface area contributed by atoms with Crippen molar-refractivity contribution in [2.45, 2.75) is 44.6 Å². The molecule has 1 aliphatic rings. The summed E-state index contributed by atoms with van der Waals surface area (Å²) in [5.41, 5.74) is 5.84. The summed E-state index contributed by atoms with van der Waals surface area (Å²) in [6, 6.07) is 0.333. The Balaban J connectivity index is 2.05. The van der Waals surface area contributed by atoms with E-state index in [1.54, 1.807) is 0 Å². The Morgan fingerprint density at radius 1 is 1.22 bits per heavy atom. The second-order valence-corrected chi connectivity index (χ2v) is 4.89. The Morgan fingerprint density at radius 3 is 2.44 bits per heavy atom. The summed E-state index contributed by atoms with van der Waals surface area (Å²) in [5.74, 6) is 0.276. The highest BCUT2D eigenvalue weighted by Gasteiger charge is 2.23. The van der Waals surface area contributed by atoms with Crippen LogP contribution in [-0.2, 0) is 0 Å². The molecule has 0 spiro atoms. The van der Waals surface area contributed by atoms with Crippen molar-refractivity contribution in [2.75, 3.05) is 12.8 Å². The zero-order valence-electron chi connectivity index (χ0n) is 10.8. The third-order valence-electron chi connectivity index (χ3n) is 3.58. The van der Waals surface area contributed by atoms with Gasteiger partial charge < -0.3 is 10.6 Å². The molecule has 1 amide bonds. The number of carbonyl (C=O) groups excluding carboxylic acids is 1. The van der Waals surface area contributed by atoms with Gasteiger partial charge in [-0.15, -0.1) is 0 Å². The lowest BCUT2D eigenvalue weighted by molar-refractivity contribution is 0.0711. The summed E-state index contributed by atoms with van der Waals surface area (Å²) in [4.78, 5) is 22.0. The maximum absolute atomic E-state index is 12.3. The van der Waals surface area contributed by atoms with Gasteiger partial charge in [-0.25, -0.2) is 9.97 Å². The van der Waals surface area contributed by atoms with Gasteiger partial charge in [0.1, 0.15) is 11.5 Å². The highest BCUT2D eigenvalue weighted by atomic mass is 16.2. The van der Waals surface area contributed by atoms with Crippen molar-refractivity contribution in [3.05, 3.63) is 18.1 Å². The molecule has 0 aromatic carbocycles. The number of nitrogens with zero attached hydrogens (tertiary/aromatic N) is 3. The number of carbonyl (C=O) groups is 1. The van der Waals surface area contributed by atoms with Gasteiger partial charge >= 0.3 is 0 Å². The molecular formula is C13H20N4O. The van der Waals surface area contributed by atoms with Crippen LogP contribution in [0.2, 0.25) is 0 Å². The number of nitrogens with two attached hydrogens (primary N) is 1. The van der Waals surface area contributed by atoms with Crippen molar-refractivity contribution in [3.8, 4) is 0 Å². The highest BCUT2D eigenvalue weighted by molar-refractivity contribution is 5.92. The molecule has 0 atom stereocenters. The molecule has 0 bridgehead atoms. The smallest absolute Gasteiger partial charge is 0.274 e. The van der Waals surface area contributed by atoms with Crippen LogP contribution < -0.4 is 5.73 Å². The number of amides is 1. The van der Waals surface area contributed by atoms with Crippen LogP contribution in [-0.4, -0.2) is 33.9 Å². The zero-order chi connectivity index (χ0) is 13.0. The standard InChI is InChI=1S/C13H20N4O/c1-17(10-6-4-2-3-5-7-10)13(18)11-8-16-12(14)9-15-11/h8-10H,2-7H2,1H3,(H2,14,16). The van der Waals surface area contributed by atoms with Crippen LogP contribution in [0.5, 0.6) is 0 Å². The largest absolute Gasteiger partial charge is 0.382 e. The Kier molecular flexibility index (Phi) is 4.12. The topological polar surface area (TPSA) is 72.1 Å². The van der Waals surface area contributed by atoms with E-state index in [0.717, 1.165) is 12.8 Å². The second-order valence-electron chi connectivity index (χ2n) is 4.89. The van der Waals surface area contributed by atoms with Crippen LogP contribution in [0.25, 0.3) is 0 Å². The lowest BCUT2D eigenvalue weighted by Gasteiger charge is -2.26. The molecule has 1 aromatic heterocycles. The van der Waals surface area contributed by atoms with Gasteiger partial charge in [0.2, 0.25) is 0 Å². The van der Waals surface area contributed by atoms with Crippen molar-refractivity contribution in [2.24, 2.45) is 0 Å². The summed E-state index contributed by atoms with van der Waals surface area (Å²) >= 11 is 0. The molecule has 0 saturated heterocycles. The van der Waals surface area contributed by atoms with E-state index in [9.17, 15) is 4.79 Å². The van der Waals surface area contributed by atoms with Gasteiger partial charge in [0, 0.05) is 13.1 Å². The number of nitrogen functional groups attached to an aromatic ring is 1. The third-order valence-corrected chi connectivity index (χ3v) is 3.58. The molecule has 1 saturated carbocycles. The monoisotopic (exact) mass is 248 g/mol. The van der Waals surface area contributed by atoms with Gasteiger partial charge in [-0.05, 0) is 12.8 Å². The van der Waals surface area contributed by atoms with E-state index < -0.39 is 0 Å². The molecule has 2 rings (SSSR count). The van der Waals surface area contributed by atoms with Gasteiger partial charge in [0.05, 0.1) is 12.4 Å². The first kappa shape index (κ1) is 12.8. The number of hydrogen-bond donors (Lipinski definition) is 1. The summed E-state index contributed by atoms with van der Waals surface area (Å²) in [6.07, 6.45) is 10.0. The minimum absolute atomic E-state index is 0.0607. The van der Waals surface area contributed by atoms with E-state index in [0.29, 0.717) is 17.6 Å². The van der Waals surface area contributed by atoms with Crippen molar-refractivity contribution in [3.63, 3.8) is 0 Å². The third kappa shape index (κ3) is 2.97. The summed E-state index contributed by atoms with van der Waals surface area (Å²) in [5, 5.41) is 0. The second kappa shape index (κ2) is 5.80. The molecular weight excluding hydrogens is 228 g/mol. The van der Waals surface area contributed by atoms with Crippen LogP contribution in [0.1, 0.15) is 49.0 Å². The molecule has 1 aromatic rings. The summed E-state index contributed by atoms with van der Waals surface area (Å²) < 4.78 is 0. The van der Waals surface area contributed by atoms with Gasteiger partial charge in [0.25, 0.3) is 5.91 Å². The molecule has 2 N–H and O–H groups in total. The Hall–Kier alpha value is -1.65. The minimum Gasteiger partial charge on any atom is -0.382 e. The first-order valence-corrected chi connectivity index (χ1v) is 6.53. The predicted molar refractivity (Wildman–Crippen MR) is 70.0 cm³/mol. The van der Waals surface area contributed by atoms with Crippen LogP contribution in [0, 0.1) is 0 Å². The van der Waals surface area contributed by atoms with E-state index in [1.165, 1.54) is 38.1 Å². The number of rotatable bonds is 2. The molecule has 0 aliphatic heterocycles. The van der Waals surface area contributed by atoms with Crippen LogP contribution in [0.4, 0.5) is 5.82 Å². The molecule has 1 fully saturated rings. The number of anilines is 1. The summed E-state index contributed by atoms with van der Waals surface area (Å²) in [7, 11) is 1.86. The molecule has 1 aliphatic carbocycles. The zero-order valence-corrected chi connectivity index (χ0v) is 10.8. The lowest BCUT2D eigenvalue weighted by atomic mass is 10.1. The van der Waals surface area contributed by atoms with Crippen molar-refractivity contribution >= 4 is 11.7 Å². The van der Waals surface area contributed by atoms with Gasteiger partial charge in [-0.2, -0.15) is 0 Å². The predicted octanol–water partition coefficient (Wildman–Crippen LogP) is 1.85. The first-order valence-electron chi connectivity index (χ1n) is 6.53. The molecule has 0 radical (unpaired) electrons. The molecule has 1 heterocycles. The number of aromatic nitrogens is 2. The fourth-order valence-electron chi connectivity index (χ4n) is 2.44. The van der Waals surface area contributed by atoms with Crippen molar-refractivity contribution in [1.82, 2.24) is 14.9 Å².